The molecule has 0 fully saturated rings. The monoisotopic (exact) mass is 270 g/mol. The van der Waals surface area contributed by atoms with Crippen molar-refractivity contribution in [1.82, 2.24) is 0 Å². The first-order valence-corrected chi connectivity index (χ1v) is 5.87. The van der Waals surface area contributed by atoms with Gasteiger partial charge in [-0.1, -0.05) is 35.0 Å². The fourth-order valence-corrected chi connectivity index (χ4v) is 1.68. The number of carbonyl (C=O) groups excluding carboxylic acids is 1. The van der Waals surface area contributed by atoms with Gasteiger partial charge in [-0.15, -0.1) is 0 Å². The molecule has 1 unspecified atom stereocenters. The van der Waals surface area contributed by atoms with Crippen molar-refractivity contribution in [2.75, 3.05) is 7.11 Å². The van der Waals surface area contributed by atoms with E-state index in [-0.39, 0.29) is 10.6 Å². The van der Waals surface area contributed by atoms with Gasteiger partial charge in [0.1, 0.15) is 5.75 Å². The van der Waals surface area contributed by atoms with Gasteiger partial charge in [-0.05, 0) is 25.0 Å². The summed E-state index contributed by atoms with van der Waals surface area (Å²) in [5.41, 5.74) is 1.81. The van der Waals surface area contributed by atoms with Gasteiger partial charge in [0.25, 0.3) is 0 Å². The van der Waals surface area contributed by atoms with Gasteiger partial charge in [0, 0.05) is 5.56 Å². The van der Waals surface area contributed by atoms with Crippen molar-refractivity contribution in [3.8, 4) is 5.75 Å². The normalized spacial score (nSPS) is 12.3. The number of halogens is 1. The van der Waals surface area contributed by atoms with Crippen molar-refractivity contribution in [1.29, 1.82) is 0 Å². The molecule has 1 aromatic carbocycles. The van der Waals surface area contributed by atoms with Crippen LogP contribution < -0.4 is 4.74 Å². The zero-order valence-electron chi connectivity index (χ0n) is 9.21. The fourth-order valence-electron chi connectivity index (χ4n) is 1.42. The molecule has 82 valence electrons. The van der Waals surface area contributed by atoms with Crippen LogP contribution in [0, 0.1) is 0 Å². The van der Waals surface area contributed by atoms with Crippen molar-refractivity contribution in [2.45, 2.75) is 25.1 Å². The standard InChI is InChI=1S/C12H15BrO2/c1-4-9-5-6-10(7-11(9)15-3)12(14)8(2)13/h5-8H,4H2,1-3H3. The molecule has 0 N–H and O–H groups in total. The Morgan fingerprint density at radius 2 is 2.20 bits per heavy atom. The van der Waals surface area contributed by atoms with Crippen LogP contribution >= 0.6 is 15.9 Å². The SMILES string of the molecule is CCc1ccc(C(=O)C(C)Br)cc1OC. The Balaban J connectivity index is 3.08. The maximum atomic E-state index is 11.7. The fraction of sp³-hybridized carbons (Fsp3) is 0.417. The first kappa shape index (κ1) is 12.2. The number of rotatable bonds is 4. The van der Waals surface area contributed by atoms with Crippen LogP contribution in [0.4, 0.5) is 0 Å². The van der Waals surface area contributed by atoms with Gasteiger partial charge >= 0.3 is 0 Å². The van der Waals surface area contributed by atoms with Crippen molar-refractivity contribution < 1.29 is 9.53 Å². The van der Waals surface area contributed by atoms with Gasteiger partial charge < -0.3 is 4.74 Å². The molecule has 0 aliphatic heterocycles. The third-order valence-electron chi connectivity index (χ3n) is 2.31. The molecule has 1 atom stereocenters. The Hall–Kier alpha value is -0.830. The Bertz CT molecular complexity index is 359. The van der Waals surface area contributed by atoms with E-state index >= 15 is 0 Å². The van der Waals surface area contributed by atoms with E-state index in [1.807, 2.05) is 19.1 Å². The summed E-state index contributed by atoms with van der Waals surface area (Å²) in [4.78, 5) is 11.6. The van der Waals surface area contributed by atoms with Crippen LogP contribution in [0.2, 0.25) is 0 Å². The van der Waals surface area contributed by atoms with E-state index in [1.165, 1.54) is 0 Å². The predicted octanol–water partition coefficient (Wildman–Crippen LogP) is 3.22. The summed E-state index contributed by atoms with van der Waals surface area (Å²) in [5, 5.41) is 0. The lowest BCUT2D eigenvalue weighted by atomic mass is 10.0. The van der Waals surface area contributed by atoms with Crippen molar-refractivity contribution in [2.24, 2.45) is 0 Å². The highest BCUT2D eigenvalue weighted by Crippen LogP contribution is 2.22. The summed E-state index contributed by atoms with van der Waals surface area (Å²) in [6.07, 6.45) is 0.904. The van der Waals surface area contributed by atoms with Crippen molar-refractivity contribution in [3.05, 3.63) is 29.3 Å². The highest BCUT2D eigenvalue weighted by atomic mass is 79.9. The lowest BCUT2D eigenvalue weighted by Gasteiger charge is -2.09. The first-order chi connectivity index (χ1) is 7.10. The number of aryl methyl sites for hydroxylation is 1. The number of carbonyl (C=O) groups is 1. The molecule has 0 aromatic heterocycles. The van der Waals surface area contributed by atoms with Gasteiger partial charge in [0.05, 0.1) is 11.9 Å². The van der Waals surface area contributed by atoms with E-state index in [2.05, 4.69) is 22.9 Å². The van der Waals surface area contributed by atoms with E-state index in [1.54, 1.807) is 13.2 Å². The topological polar surface area (TPSA) is 26.3 Å². The minimum atomic E-state index is -0.158. The number of alkyl halides is 1. The number of hydrogen-bond donors (Lipinski definition) is 0. The summed E-state index contributed by atoms with van der Waals surface area (Å²) in [7, 11) is 1.63. The van der Waals surface area contributed by atoms with Gasteiger partial charge in [0.15, 0.2) is 5.78 Å². The quantitative estimate of drug-likeness (QED) is 0.620. The molecular formula is C12H15BrO2. The van der Waals surface area contributed by atoms with Crippen molar-refractivity contribution in [3.63, 3.8) is 0 Å². The molecule has 0 spiro atoms. The van der Waals surface area contributed by atoms with E-state index in [0.29, 0.717) is 5.56 Å². The lowest BCUT2D eigenvalue weighted by molar-refractivity contribution is 0.0995. The average molecular weight is 271 g/mol. The zero-order chi connectivity index (χ0) is 11.4. The molecule has 1 aromatic rings. The van der Waals surface area contributed by atoms with E-state index in [9.17, 15) is 4.79 Å². The molecule has 0 aliphatic rings. The Labute approximate surface area is 98.8 Å². The number of benzene rings is 1. The average Bonchev–Trinajstić information content (AvgIpc) is 2.26. The molecule has 0 aliphatic carbocycles. The van der Waals surface area contributed by atoms with Crippen molar-refractivity contribution >= 4 is 21.7 Å². The third kappa shape index (κ3) is 2.81. The maximum Gasteiger partial charge on any atom is 0.176 e. The van der Waals surface area contributed by atoms with Gasteiger partial charge in [-0.2, -0.15) is 0 Å². The second kappa shape index (κ2) is 5.31. The minimum absolute atomic E-state index is 0.0796. The van der Waals surface area contributed by atoms with Crippen LogP contribution in [0.25, 0.3) is 0 Å². The third-order valence-corrected chi connectivity index (χ3v) is 2.73. The number of hydrogen-bond acceptors (Lipinski definition) is 2. The maximum absolute atomic E-state index is 11.7. The smallest absolute Gasteiger partial charge is 0.176 e. The number of ether oxygens (including phenoxy) is 1. The van der Waals surface area contributed by atoms with Crippen LogP contribution in [0.15, 0.2) is 18.2 Å². The van der Waals surface area contributed by atoms with Crippen LogP contribution in [0.3, 0.4) is 0 Å². The van der Waals surface area contributed by atoms with Crippen LogP contribution in [-0.4, -0.2) is 17.7 Å². The zero-order valence-corrected chi connectivity index (χ0v) is 10.8. The highest BCUT2D eigenvalue weighted by molar-refractivity contribution is 9.10. The molecule has 15 heavy (non-hydrogen) atoms. The second-order valence-electron chi connectivity index (χ2n) is 3.36. The molecule has 0 saturated heterocycles. The molecule has 0 saturated carbocycles. The summed E-state index contributed by atoms with van der Waals surface area (Å²) < 4.78 is 5.24. The molecule has 2 nitrogen and oxygen atoms in total. The molecule has 3 heteroatoms. The Morgan fingerprint density at radius 1 is 1.53 bits per heavy atom. The summed E-state index contributed by atoms with van der Waals surface area (Å²) in [6, 6.07) is 5.60. The summed E-state index contributed by atoms with van der Waals surface area (Å²) in [6.45, 7) is 3.88. The molecular weight excluding hydrogens is 256 g/mol. The predicted molar refractivity (Wildman–Crippen MR) is 65.1 cm³/mol. The molecule has 0 bridgehead atoms. The van der Waals surface area contributed by atoms with E-state index in [0.717, 1.165) is 17.7 Å². The van der Waals surface area contributed by atoms with Gasteiger partial charge in [-0.25, -0.2) is 0 Å². The first-order valence-electron chi connectivity index (χ1n) is 4.95. The molecule has 0 radical (unpaired) electrons. The van der Waals surface area contributed by atoms with Crippen LogP contribution in [0.5, 0.6) is 5.75 Å². The van der Waals surface area contributed by atoms with Crippen LogP contribution in [0.1, 0.15) is 29.8 Å². The highest BCUT2D eigenvalue weighted by Gasteiger charge is 2.13. The van der Waals surface area contributed by atoms with Gasteiger partial charge in [-0.3, -0.25) is 4.79 Å². The molecule has 0 heterocycles. The number of Topliss-reactive ketones (excluding diaryl/α,β-unsaturated/α-hetero) is 1. The van der Waals surface area contributed by atoms with Crippen LogP contribution in [-0.2, 0) is 6.42 Å². The minimum Gasteiger partial charge on any atom is -0.496 e. The summed E-state index contributed by atoms with van der Waals surface area (Å²) in [5.74, 6) is 0.868. The van der Waals surface area contributed by atoms with Gasteiger partial charge in [0.2, 0.25) is 0 Å². The largest absolute Gasteiger partial charge is 0.496 e. The number of methoxy groups -OCH3 is 1. The Morgan fingerprint density at radius 3 is 2.67 bits per heavy atom. The number of ketones is 1. The Kier molecular flexibility index (Phi) is 4.33. The van der Waals surface area contributed by atoms with E-state index in [4.69, 9.17) is 4.74 Å². The lowest BCUT2D eigenvalue weighted by Crippen LogP contribution is -2.10. The van der Waals surface area contributed by atoms with E-state index < -0.39 is 0 Å². The second-order valence-corrected chi connectivity index (χ2v) is 4.73. The summed E-state index contributed by atoms with van der Waals surface area (Å²) >= 11 is 3.27. The molecule has 0 amide bonds. The molecule has 1 rings (SSSR count).